The fraction of sp³-hybridized carbons (Fsp3) is 0.967. The van der Waals surface area contributed by atoms with E-state index in [1.54, 1.807) is 27.7 Å². The Hall–Kier alpha value is -0.890. The van der Waals surface area contributed by atoms with Crippen LogP contribution in [0.5, 0.6) is 0 Å². The van der Waals surface area contributed by atoms with Crippen molar-refractivity contribution in [2.75, 3.05) is 27.7 Å². The molecule has 0 spiro atoms. The molecule has 0 aromatic heterocycles. The Kier molecular flexibility index (Phi) is 12.6. The molecule has 2 heterocycles. The molecule has 0 radical (unpaired) electrons. The second kappa shape index (κ2) is 14.3. The van der Waals surface area contributed by atoms with Crippen molar-refractivity contribution in [2.24, 2.45) is 17.8 Å². The lowest BCUT2D eigenvalue weighted by molar-refractivity contribution is -0.299. The van der Waals surface area contributed by atoms with Gasteiger partial charge in [0, 0.05) is 24.5 Å². The highest BCUT2D eigenvalue weighted by Crippen LogP contribution is 2.36. The minimum Gasteiger partial charge on any atom is -0.459 e. The number of esters is 1. The van der Waals surface area contributed by atoms with Gasteiger partial charge < -0.3 is 49.5 Å². The van der Waals surface area contributed by atoms with Gasteiger partial charge in [0.25, 0.3) is 0 Å². The maximum absolute atomic E-state index is 13.3. The predicted molar refractivity (Wildman–Crippen MR) is 155 cm³/mol. The van der Waals surface area contributed by atoms with Crippen molar-refractivity contribution in [2.45, 2.75) is 141 Å². The smallest absolute Gasteiger partial charge is 0.311 e. The van der Waals surface area contributed by atoms with Gasteiger partial charge in [-0.1, -0.05) is 20.8 Å². The molecule has 242 valence electrons. The first-order chi connectivity index (χ1) is 18.8. The van der Waals surface area contributed by atoms with E-state index in [0.29, 0.717) is 13.0 Å². The quantitative estimate of drug-likeness (QED) is 0.298. The summed E-state index contributed by atoms with van der Waals surface area (Å²) < 4.78 is 18.1. The minimum absolute atomic E-state index is 0.0990. The molecule has 11 nitrogen and oxygen atoms in total. The highest BCUT2D eigenvalue weighted by atomic mass is 16.7. The molecule has 11 heteroatoms. The Balaban J connectivity index is 2.52. The fourth-order valence-electron chi connectivity index (χ4n) is 6.74. The molecule has 2 aliphatic heterocycles. The number of nitrogens with zero attached hydrogens (tertiary/aromatic N) is 2. The number of ether oxygens (including phenoxy) is 3. The van der Waals surface area contributed by atoms with Crippen LogP contribution in [0.2, 0.25) is 0 Å². The van der Waals surface area contributed by atoms with Crippen molar-refractivity contribution in [1.82, 2.24) is 9.80 Å². The van der Waals surface area contributed by atoms with E-state index in [1.807, 2.05) is 44.8 Å². The molecule has 0 amide bonds. The number of likely N-dealkylation sites (N-methyl/N-ethyl adjacent to an activating group) is 2. The second-order valence-electron chi connectivity index (χ2n) is 13.6. The molecule has 2 rings (SSSR count). The average Bonchev–Trinajstić information content (AvgIpc) is 2.87. The summed E-state index contributed by atoms with van der Waals surface area (Å²) >= 11 is 0. The Morgan fingerprint density at radius 3 is 2.17 bits per heavy atom. The largest absolute Gasteiger partial charge is 0.459 e. The first-order valence-electron chi connectivity index (χ1n) is 15.1. The molecule has 0 saturated carbocycles. The Morgan fingerprint density at radius 2 is 1.63 bits per heavy atom. The summed E-state index contributed by atoms with van der Waals surface area (Å²) in [5.74, 6) is -2.65. The van der Waals surface area contributed by atoms with Crippen LogP contribution in [0.3, 0.4) is 0 Å². The molecule has 0 bridgehead atoms. The number of rotatable bonds is 4. The monoisotopic (exact) mass is 590 g/mol. The average molecular weight is 591 g/mol. The van der Waals surface area contributed by atoms with Crippen LogP contribution in [-0.2, 0) is 19.0 Å². The summed E-state index contributed by atoms with van der Waals surface area (Å²) in [5, 5.41) is 57.0. The summed E-state index contributed by atoms with van der Waals surface area (Å²) in [6.07, 6.45) is -5.74. The van der Waals surface area contributed by atoms with Gasteiger partial charge >= 0.3 is 5.97 Å². The van der Waals surface area contributed by atoms with Crippen LogP contribution in [0.4, 0.5) is 0 Å². The first kappa shape index (κ1) is 36.3. The lowest BCUT2D eigenvalue weighted by Crippen LogP contribution is -2.59. The summed E-state index contributed by atoms with van der Waals surface area (Å²) in [6, 6.07) is -0.733. The van der Waals surface area contributed by atoms with E-state index in [1.165, 1.54) is 13.8 Å². The molecule has 5 N–H and O–H groups in total. The number of carbonyl (C=O) groups excluding carboxylic acids is 1. The number of cyclic esters (lactones) is 1. The molecule has 0 aromatic rings. The first-order valence-corrected chi connectivity index (χ1v) is 15.1. The Bertz CT molecular complexity index is 841. The third-order valence-corrected chi connectivity index (χ3v) is 9.46. The third-order valence-electron chi connectivity index (χ3n) is 9.46. The zero-order chi connectivity index (χ0) is 31.6. The van der Waals surface area contributed by atoms with Crippen LogP contribution in [0.1, 0.15) is 74.7 Å². The van der Waals surface area contributed by atoms with Crippen LogP contribution in [0.25, 0.3) is 0 Å². The van der Waals surface area contributed by atoms with Gasteiger partial charge in [-0.05, 0) is 80.9 Å². The molecule has 2 aliphatic rings. The van der Waals surface area contributed by atoms with Gasteiger partial charge in [-0.2, -0.15) is 0 Å². The summed E-state index contributed by atoms with van der Waals surface area (Å²) in [6.45, 7) is 14.2. The van der Waals surface area contributed by atoms with Crippen LogP contribution < -0.4 is 0 Å². The summed E-state index contributed by atoms with van der Waals surface area (Å²) in [7, 11) is 5.58. The van der Waals surface area contributed by atoms with Crippen LogP contribution in [0.15, 0.2) is 0 Å². The van der Waals surface area contributed by atoms with Crippen molar-refractivity contribution >= 4 is 5.97 Å². The Morgan fingerprint density at radius 1 is 1.05 bits per heavy atom. The molecule has 0 aromatic carbocycles. The van der Waals surface area contributed by atoms with E-state index in [0.717, 1.165) is 0 Å². The van der Waals surface area contributed by atoms with E-state index < -0.39 is 71.9 Å². The van der Waals surface area contributed by atoms with E-state index in [9.17, 15) is 30.3 Å². The fourth-order valence-corrected chi connectivity index (χ4v) is 6.74. The topological polar surface area (TPSA) is 152 Å². The lowest BCUT2D eigenvalue weighted by Gasteiger charge is -2.46. The van der Waals surface area contributed by atoms with Crippen molar-refractivity contribution in [3.8, 4) is 0 Å². The van der Waals surface area contributed by atoms with Crippen molar-refractivity contribution in [3.63, 3.8) is 0 Å². The molecule has 0 aliphatic carbocycles. The highest BCUT2D eigenvalue weighted by molar-refractivity contribution is 5.73. The molecule has 0 unspecified atom stereocenters. The molecular weight excluding hydrogens is 532 g/mol. The third kappa shape index (κ3) is 8.39. The van der Waals surface area contributed by atoms with Crippen molar-refractivity contribution in [1.29, 1.82) is 0 Å². The van der Waals surface area contributed by atoms with Gasteiger partial charge in [-0.3, -0.25) is 4.79 Å². The summed E-state index contributed by atoms with van der Waals surface area (Å²) in [5.41, 5.74) is -3.25. The standard InChI is InChI=1S/C30H58N2O9/c1-12-22-30(8,38)25(35)20(6)32(11)15-16(2)14-29(7,37)26(18(4)23(33)19(5)27(36)40-22)41-28-24(34)21(31(9)10)13-17(3)39-28/h16-26,28,33-35,37-38H,12-15H2,1-11H3/t16-,17-,18+,19-,20-,21+,22-,23-,24-,25+,26-,28+,29-,30-/m1/s1. The normalized spacial score (nSPS) is 48.4. The number of aliphatic hydroxyl groups excluding tert-OH is 3. The van der Waals surface area contributed by atoms with Crippen LogP contribution >= 0.6 is 0 Å². The highest BCUT2D eigenvalue weighted by Gasteiger charge is 2.49. The van der Waals surface area contributed by atoms with Crippen molar-refractivity contribution in [3.05, 3.63) is 0 Å². The summed E-state index contributed by atoms with van der Waals surface area (Å²) in [4.78, 5) is 17.1. The molecule has 14 atom stereocenters. The van der Waals surface area contributed by atoms with Gasteiger partial charge in [-0.15, -0.1) is 0 Å². The van der Waals surface area contributed by atoms with Gasteiger partial charge in [0.15, 0.2) is 6.29 Å². The van der Waals surface area contributed by atoms with Crippen LogP contribution in [-0.4, -0.2) is 135 Å². The number of hydrogen-bond acceptors (Lipinski definition) is 11. The molecule has 41 heavy (non-hydrogen) atoms. The number of carbonyl (C=O) groups is 1. The molecule has 2 saturated heterocycles. The van der Waals surface area contributed by atoms with E-state index >= 15 is 0 Å². The Labute approximate surface area is 246 Å². The van der Waals surface area contributed by atoms with Gasteiger partial charge in [0.2, 0.25) is 0 Å². The molecule has 2 fully saturated rings. The maximum atomic E-state index is 13.3. The predicted octanol–water partition coefficient (Wildman–Crippen LogP) is 0.976. The second-order valence-corrected chi connectivity index (χ2v) is 13.6. The lowest BCUT2D eigenvalue weighted by atomic mass is 9.78. The molecular formula is C30H58N2O9. The minimum atomic E-state index is -1.75. The maximum Gasteiger partial charge on any atom is 0.311 e. The van der Waals surface area contributed by atoms with Crippen molar-refractivity contribution < 1.29 is 44.5 Å². The van der Waals surface area contributed by atoms with Gasteiger partial charge in [-0.25, -0.2) is 0 Å². The van der Waals surface area contributed by atoms with E-state index in [-0.39, 0.29) is 30.9 Å². The van der Waals surface area contributed by atoms with E-state index in [2.05, 4.69) is 0 Å². The van der Waals surface area contributed by atoms with E-state index in [4.69, 9.17) is 14.2 Å². The zero-order valence-corrected chi connectivity index (χ0v) is 27.0. The number of hydrogen-bond donors (Lipinski definition) is 5. The SMILES string of the molecule is CC[C@H]1OC(=O)[C@H](C)[C@H](O)[C@H](C)[C@@H](O[C@@H]2O[C@H](C)C[C@H](N(C)C)[C@H]2O)[C@](C)(O)C[C@@H](C)CN(C)[C@H](C)[C@H](O)[C@]1(C)O. The number of aliphatic hydroxyl groups is 5. The van der Waals surface area contributed by atoms with Crippen LogP contribution in [0, 0.1) is 17.8 Å². The van der Waals surface area contributed by atoms with Gasteiger partial charge in [0.1, 0.15) is 23.9 Å². The zero-order valence-electron chi connectivity index (χ0n) is 27.0. The van der Waals surface area contributed by atoms with Gasteiger partial charge in [0.05, 0.1) is 29.8 Å².